The van der Waals surface area contributed by atoms with Crippen molar-refractivity contribution < 1.29 is 22.8 Å². The summed E-state index contributed by atoms with van der Waals surface area (Å²) >= 11 is 0. The number of alkyl halides is 2. The quantitative estimate of drug-likeness (QED) is 0.323. The monoisotopic (exact) mass is 591 g/mol. The van der Waals surface area contributed by atoms with Gasteiger partial charge in [-0.15, -0.1) is 0 Å². The summed E-state index contributed by atoms with van der Waals surface area (Å²) in [7, 11) is 0. The number of nitrogens with one attached hydrogen (secondary N) is 1. The van der Waals surface area contributed by atoms with E-state index >= 15 is 0 Å². The van der Waals surface area contributed by atoms with Crippen molar-refractivity contribution >= 4 is 17.5 Å². The predicted molar refractivity (Wildman–Crippen MR) is 163 cm³/mol. The third-order valence-corrected chi connectivity index (χ3v) is 8.64. The fourth-order valence-electron chi connectivity index (χ4n) is 6.28. The summed E-state index contributed by atoms with van der Waals surface area (Å²) < 4.78 is 42.4. The van der Waals surface area contributed by atoms with E-state index in [9.17, 15) is 22.8 Å². The summed E-state index contributed by atoms with van der Waals surface area (Å²) in [4.78, 5) is 31.2. The van der Waals surface area contributed by atoms with Gasteiger partial charge in [0.2, 0.25) is 5.91 Å². The first-order chi connectivity index (χ1) is 20.3. The molecule has 5 nitrogen and oxygen atoms in total. The minimum Gasteiger partial charge on any atom is -0.331 e. The fourth-order valence-corrected chi connectivity index (χ4v) is 6.28. The minimum absolute atomic E-state index is 0.0121. The molecular weight excluding hydrogens is 551 g/mol. The van der Waals surface area contributed by atoms with Gasteiger partial charge in [-0.3, -0.25) is 14.5 Å². The second kappa shape index (κ2) is 12.2. The lowest BCUT2D eigenvalue weighted by atomic mass is 9.82. The fraction of sp³-hybridized carbons (Fsp3) is 0.429. The molecule has 2 aliphatic rings. The van der Waals surface area contributed by atoms with Crippen molar-refractivity contribution in [1.82, 2.24) is 9.80 Å². The smallest absolute Gasteiger partial charge is 0.261 e. The highest BCUT2D eigenvalue weighted by Gasteiger charge is 2.41. The molecule has 1 unspecified atom stereocenters. The maximum atomic E-state index is 15.0. The largest absolute Gasteiger partial charge is 0.331 e. The summed E-state index contributed by atoms with van der Waals surface area (Å²) in [5, 5.41) is 3.08. The molecule has 0 aromatic heterocycles. The summed E-state index contributed by atoms with van der Waals surface area (Å²) in [5.74, 6) is -4.49. The number of piperidine rings is 1. The van der Waals surface area contributed by atoms with Crippen LogP contribution >= 0.6 is 0 Å². The first-order valence-electron chi connectivity index (χ1n) is 15.0. The highest BCUT2D eigenvalue weighted by molar-refractivity contribution is 5.98. The van der Waals surface area contributed by atoms with E-state index in [1.54, 1.807) is 28.9 Å². The Kier molecular flexibility index (Phi) is 8.70. The number of amides is 2. The molecule has 3 aromatic carbocycles. The molecule has 2 saturated heterocycles. The van der Waals surface area contributed by atoms with Crippen LogP contribution in [-0.2, 0) is 16.8 Å². The molecule has 0 saturated carbocycles. The van der Waals surface area contributed by atoms with Gasteiger partial charge in [0.05, 0.1) is 24.1 Å². The van der Waals surface area contributed by atoms with E-state index in [0.29, 0.717) is 43.7 Å². The maximum Gasteiger partial charge on any atom is 0.261 e. The van der Waals surface area contributed by atoms with Crippen molar-refractivity contribution in [3.8, 4) is 0 Å². The van der Waals surface area contributed by atoms with Gasteiger partial charge in [0.25, 0.3) is 11.8 Å². The van der Waals surface area contributed by atoms with Crippen LogP contribution in [0.25, 0.3) is 0 Å². The summed E-state index contributed by atoms with van der Waals surface area (Å²) in [6, 6.07) is 19.2. The van der Waals surface area contributed by atoms with E-state index in [1.807, 2.05) is 48.5 Å². The topological polar surface area (TPSA) is 52.7 Å². The number of hydrogen-bond acceptors (Lipinski definition) is 3. The number of halogens is 3. The van der Waals surface area contributed by atoms with E-state index in [-0.39, 0.29) is 29.9 Å². The van der Waals surface area contributed by atoms with Gasteiger partial charge >= 0.3 is 0 Å². The molecular formula is C35H40F3N3O2. The molecule has 2 aliphatic heterocycles. The molecule has 0 aliphatic carbocycles. The second-order valence-corrected chi connectivity index (χ2v) is 13.0. The highest BCUT2D eigenvalue weighted by atomic mass is 19.3. The molecule has 43 heavy (non-hydrogen) atoms. The number of anilines is 1. The number of carbonyl (C=O) groups excluding carboxylic acids is 2. The Labute approximate surface area is 252 Å². The molecule has 2 fully saturated rings. The van der Waals surface area contributed by atoms with Crippen molar-refractivity contribution in [1.29, 1.82) is 0 Å². The van der Waals surface area contributed by atoms with Crippen LogP contribution < -0.4 is 5.32 Å². The van der Waals surface area contributed by atoms with E-state index < -0.39 is 29.6 Å². The minimum atomic E-state index is -2.67. The Balaban J connectivity index is 1.46. The Morgan fingerprint density at radius 3 is 2.37 bits per heavy atom. The molecule has 0 bridgehead atoms. The number of hydrogen-bond donors (Lipinski definition) is 1. The Bertz CT molecular complexity index is 1460. The number of nitrogens with zero attached hydrogens (tertiary/aromatic N) is 2. The molecule has 3 aromatic rings. The SMILES string of the molecule is Cc1cccc(F)c1C(=O)N1CCCC(C(=O)Nc2cccc(C(C)(C)C)c2)[C@@H]1c1ccc(CN2CCC(F)(F)C2)cc1. The predicted octanol–water partition coefficient (Wildman–Crippen LogP) is 7.50. The summed E-state index contributed by atoms with van der Waals surface area (Å²) in [6.07, 6.45) is 1.01. The lowest BCUT2D eigenvalue weighted by molar-refractivity contribution is -0.123. The third kappa shape index (κ3) is 6.96. The van der Waals surface area contributed by atoms with E-state index in [0.717, 1.165) is 16.7 Å². The lowest BCUT2D eigenvalue weighted by Gasteiger charge is -2.41. The molecule has 0 radical (unpaired) electrons. The van der Waals surface area contributed by atoms with Crippen molar-refractivity contribution in [2.45, 2.75) is 70.9 Å². The van der Waals surface area contributed by atoms with Gasteiger partial charge in [-0.05, 0) is 65.6 Å². The van der Waals surface area contributed by atoms with Gasteiger partial charge in [-0.2, -0.15) is 0 Å². The van der Waals surface area contributed by atoms with Crippen LogP contribution in [-0.4, -0.2) is 47.2 Å². The number of carbonyl (C=O) groups is 2. The number of rotatable bonds is 6. The Hall–Kier alpha value is -3.65. The zero-order valence-electron chi connectivity index (χ0n) is 25.3. The zero-order chi connectivity index (χ0) is 30.9. The van der Waals surface area contributed by atoms with Crippen LogP contribution in [0.2, 0.25) is 0 Å². The van der Waals surface area contributed by atoms with Gasteiger partial charge in [0.15, 0.2) is 0 Å². The third-order valence-electron chi connectivity index (χ3n) is 8.64. The molecule has 5 rings (SSSR count). The molecule has 2 atom stereocenters. The summed E-state index contributed by atoms with van der Waals surface area (Å²) in [5.41, 5.74) is 3.85. The van der Waals surface area contributed by atoms with E-state index in [1.165, 1.54) is 6.07 Å². The van der Waals surface area contributed by atoms with Crippen molar-refractivity contribution in [3.05, 3.63) is 100 Å². The lowest BCUT2D eigenvalue weighted by Crippen LogP contribution is -2.46. The van der Waals surface area contributed by atoms with Gasteiger partial charge in [-0.1, -0.05) is 69.3 Å². The average molecular weight is 592 g/mol. The standard InChI is InChI=1S/C35H40F3N3O2/c1-23-8-5-12-29(36)30(23)33(43)41-18-7-11-28(32(42)39-27-10-6-9-26(20-27)34(2,3)4)31(41)25-15-13-24(14-16-25)21-40-19-17-35(37,38)22-40/h5-6,8-10,12-16,20,28,31H,7,11,17-19,21-22H2,1-4H3,(H,39,42)/t28?,31-/m0/s1. The Morgan fingerprint density at radius 1 is 1.00 bits per heavy atom. The maximum absolute atomic E-state index is 15.0. The average Bonchev–Trinajstić information content (AvgIpc) is 3.30. The summed E-state index contributed by atoms with van der Waals surface area (Å²) in [6.45, 7) is 8.88. The van der Waals surface area contributed by atoms with Crippen LogP contribution in [0.15, 0.2) is 66.7 Å². The highest BCUT2D eigenvalue weighted by Crippen LogP contribution is 2.39. The molecule has 2 amide bonds. The number of likely N-dealkylation sites (tertiary alicyclic amines) is 2. The van der Waals surface area contributed by atoms with Crippen molar-refractivity contribution in [3.63, 3.8) is 0 Å². The Morgan fingerprint density at radius 2 is 1.72 bits per heavy atom. The van der Waals surface area contributed by atoms with Gasteiger partial charge < -0.3 is 10.2 Å². The van der Waals surface area contributed by atoms with Crippen molar-refractivity contribution in [2.24, 2.45) is 5.92 Å². The number of aryl methyl sites for hydroxylation is 1. The zero-order valence-corrected chi connectivity index (χ0v) is 25.3. The second-order valence-electron chi connectivity index (χ2n) is 13.0. The van der Waals surface area contributed by atoms with Crippen LogP contribution in [0.3, 0.4) is 0 Å². The molecule has 2 heterocycles. The molecule has 228 valence electrons. The molecule has 1 N–H and O–H groups in total. The van der Waals surface area contributed by atoms with E-state index in [2.05, 4.69) is 26.1 Å². The van der Waals surface area contributed by atoms with Crippen LogP contribution in [0.1, 0.15) is 78.7 Å². The normalized spacial score (nSPS) is 20.7. The molecule has 8 heteroatoms. The first-order valence-corrected chi connectivity index (χ1v) is 15.0. The van der Waals surface area contributed by atoms with Crippen LogP contribution in [0, 0.1) is 18.7 Å². The van der Waals surface area contributed by atoms with E-state index in [4.69, 9.17) is 0 Å². The van der Waals surface area contributed by atoms with Gasteiger partial charge in [0.1, 0.15) is 5.82 Å². The van der Waals surface area contributed by atoms with Gasteiger partial charge in [-0.25, -0.2) is 13.2 Å². The van der Waals surface area contributed by atoms with Crippen LogP contribution in [0.4, 0.5) is 18.9 Å². The van der Waals surface area contributed by atoms with Gasteiger partial charge in [0, 0.05) is 31.7 Å². The molecule has 0 spiro atoms. The number of benzene rings is 3. The first kappa shape index (κ1) is 30.8. The van der Waals surface area contributed by atoms with Crippen LogP contribution in [0.5, 0.6) is 0 Å². The van der Waals surface area contributed by atoms with Crippen molar-refractivity contribution in [2.75, 3.05) is 25.0 Å².